The van der Waals surface area contributed by atoms with E-state index in [-0.39, 0.29) is 17.4 Å². The van der Waals surface area contributed by atoms with E-state index in [1.165, 1.54) is 10.6 Å². The summed E-state index contributed by atoms with van der Waals surface area (Å²) in [4.78, 5) is 24.4. The van der Waals surface area contributed by atoms with E-state index in [9.17, 15) is 9.59 Å². The van der Waals surface area contributed by atoms with Crippen LogP contribution in [0, 0.1) is 6.92 Å². The third-order valence-electron chi connectivity index (χ3n) is 4.25. The molecular formula is C20H22N4O2. The lowest BCUT2D eigenvalue weighted by atomic mass is 10.1. The first kappa shape index (κ1) is 17.7. The van der Waals surface area contributed by atoms with E-state index in [2.05, 4.69) is 24.3 Å². The largest absolute Gasteiger partial charge is 0.319 e. The predicted octanol–water partition coefficient (Wildman–Crippen LogP) is 3.26. The van der Waals surface area contributed by atoms with Crippen molar-refractivity contribution in [1.82, 2.24) is 14.3 Å². The van der Waals surface area contributed by atoms with Gasteiger partial charge in [-0.3, -0.25) is 9.59 Å². The van der Waals surface area contributed by atoms with Crippen molar-refractivity contribution in [3.8, 4) is 5.69 Å². The van der Waals surface area contributed by atoms with Gasteiger partial charge in [0, 0.05) is 25.0 Å². The molecule has 0 radical (unpaired) electrons. The van der Waals surface area contributed by atoms with Gasteiger partial charge < -0.3 is 9.88 Å². The zero-order chi connectivity index (χ0) is 18.8. The van der Waals surface area contributed by atoms with Gasteiger partial charge in [-0.05, 0) is 36.6 Å². The molecule has 1 aromatic carbocycles. The molecule has 3 aromatic rings. The fourth-order valence-electron chi connectivity index (χ4n) is 2.73. The Morgan fingerprint density at radius 2 is 1.85 bits per heavy atom. The molecule has 0 saturated carbocycles. The first-order chi connectivity index (χ1) is 12.4. The van der Waals surface area contributed by atoms with Gasteiger partial charge in [0.05, 0.1) is 11.4 Å². The summed E-state index contributed by atoms with van der Waals surface area (Å²) in [6.07, 6.45) is 1.62. The number of nitrogens with one attached hydrogen (secondary N) is 1. The van der Waals surface area contributed by atoms with Crippen LogP contribution in [0.25, 0.3) is 5.69 Å². The molecule has 1 N–H and O–H groups in total. The van der Waals surface area contributed by atoms with Crippen molar-refractivity contribution >= 4 is 11.6 Å². The fourth-order valence-corrected chi connectivity index (χ4v) is 2.73. The third kappa shape index (κ3) is 3.44. The number of benzene rings is 1. The maximum atomic E-state index is 12.7. The minimum Gasteiger partial charge on any atom is -0.319 e. The van der Waals surface area contributed by atoms with E-state index in [4.69, 9.17) is 0 Å². The molecule has 0 atom stereocenters. The van der Waals surface area contributed by atoms with Gasteiger partial charge in [0.1, 0.15) is 0 Å². The summed E-state index contributed by atoms with van der Waals surface area (Å²) in [5.41, 5.74) is 3.40. The average molecular weight is 350 g/mol. The van der Waals surface area contributed by atoms with Crippen LogP contribution in [-0.2, 0) is 7.05 Å². The number of hydrogen-bond donors (Lipinski definition) is 1. The summed E-state index contributed by atoms with van der Waals surface area (Å²) >= 11 is 0. The second-order valence-corrected chi connectivity index (χ2v) is 6.63. The van der Waals surface area contributed by atoms with E-state index in [0.29, 0.717) is 16.9 Å². The zero-order valence-corrected chi connectivity index (χ0v) is 15.4. The van der Waals surface area contributed by atoms with E-state index < -0.39 is 0 Å². The quantitative estimate of drug-likeness (QED) is 0.785. The molecule has 134 valence electrons. The van der Waals surface area contributed by atoms with Crippen molar-refractivity contribution in [3.63, 3.8) is 0 Å². The highest BCUT2D eigenvalue weighted by Gasteiger charge is 2.18. The lowest BCUT2D eigenvalue weighted by Gasteiger charge is -2.09. The minimum atomic E-state index is -0.302. The number of aryl methyl sites for hydroxylation is 2. The molecule has 0 aliphatic heterocycles. The number of carbonyl (C=O) groups is 1. The van der Waals surface area contributed by atoms with Crippen LogP contribution in [0.4, 0.5) is 5.69 Å². The summed E-state index contributed by atoms with van der Waals surface area (Å²) in [7, 11) is 1.65. The molecule has 0 unspecified atom stereocenters. The average Bonchev–Trinajstić information content (AvgIpc) is 3.06. The molecule has 2 aromatic heterocycles. The number of aromatic nitrogens is 3. The van der Waals surface area contributed by atoms with Gasteiger partial charge in [0.2, 0.25) is 0 Å². The summed E-state index contributed by atoms with van der Waals surface area (Å²) in [5, 5.41) is 7.35. The Morgan fingerprint density at radius 3 is 2.50 bits per heavy atom. The number of rotatable bonds is 4. The standard InChI is InChI=1S/C20H22N4O2/c1-13(2)18-11-16(22-24(18)15-8-6-5-7-9-15)20(26)21-17-12-23(4)19(25)10-14(17)3/h5-13H,1-4H3,(H,21,26). The molecule has 3 rings (SSSR count). The highest BCUT2D eigenvalue weighted by Crippen LogP contribution is 2.21. The molecular weight excluding hydrogens is 328 g/mol. The molecule has 2 heterocycles. The second kappa shape index (κ2) is 7.00. The van der Waals surface area contributed by atoms with Crippen molar-refractivity contribution in [3.05, 3.63) is 76.0 Å². The van der Waals surface area contributed by atoms with E-state index >= 15 is 0 Å². The van der Waals surface area contributed by atoms with Crippen molar-refractivity contribution in [2.75, 3.05) is 5.32 Å². The first-order valence-corrected chi connectivity index (χ1v) is 8.51. The van der Waals surface area contributed by atoms with E-state index in [1.807, 2.05) is 36.4 Å². The Balaban J connectivity index is 1.96. The lowest BCUT2D eigenvalue weighted by molar-refractivity contribution is 0.102. The number of amides is 1. The third-order valence-corrected chi connectivity index (χ3v) is 4.25. The second-order valence-electron chi connectivity index (χ2n) is 6.63. The van der Waals surface area contributed by atoms with Crippen LogP contribution in [0.5, 0.6) is 0 Å². The van der Waals surface area contributed by atoms with Crippen molar-refractivity contribution in [1.29, 1.82) is 0 Å². The summed E-state index contributed by atoms with van der Waals surface area (Å²) < 4.78 is 3.23. The molecule has 26 heavy (non-hydrogen) atoms. The predicted molar refractivity (Wildman–Crippen MR) is 102 cm³/mol. The Hall–Kier alpha value is -3.15. The summed E-state index contributed by atoms with van der Waals surface area (Å²) in [5.74, 6) is -0.0909. The van der Waals surface area contributed by atoms with Gasteiger partial charge >= 0.3 is 0 Å². The van der Waals surface area contributed by atoms with Crippen LogP contribution in [0.3, 0.4) is 0 Å². The van der Waals surface area contributed by atoms with Gasteiger partial charge in [-0.2, -0.15) is 5.10 Å². The van der Waals surface area contributed by atoms with Crippen LogP contribution < -0.4 is 10.9 Å². The molecule has 6 nitrogen and oxygen atoms in total. The topological polar surface area (TPSA) is 68.9 Å². The molecule has 0 fully saturated rings. The number of hydrogen-bond acceptors (Lipinski definition) is 3. The first-order valence-electron chi connectivity index (χ1n) is 8.51. The zero-order valence-electron chi connectivity index (χ0n) is 15.4. The number of carbonyl (C=O) groups excluding carboxylic acids is 1. The summed E-state index contributed by atoms with van der Waals surface area (Å²) in [6, 6.07) is 13.0. The lowest BCUT2D eigenvalue weighted by Crippen LogP contribution is -2.20. The SMILES string of the molecule is Cc1cc(=O)n(C)cc1NC(=O)c1cc(C(C)C)n(-c2ccccc2)n1. The highest BCUT2D eigenvalue weighted by molar-refractivity contribution is 6.03. The number of para-hydroxylation sites is 1. The Bertz CT molecular complexity index is 1000. The van der Waals surface area contributed by atoms with Gasteiger partial charge in [-0.15, -0.1) is 0 Å². The Kier molecular flexibility index (Phi) is 4.75. The molecule has 0 bridgehead atoms. The molecule has 1 amide bonds. The van der Waals surface area contributed by atoms with Crippen molar-refractivity contribution in [2.45, 2.75) is 26.7 Å². The van der Waals surface area contributed by atoms with Crippen molar-refractivity contribution in [2.24, 2.45) is 7.05 Å². The highest BCUT2D eigenvalue weighted by atomic mass is 16.2. The van der Waals surface area contributed by atoms with Crippen molar-refractivity contribution < 1.29 is 4.79 Å². The van der Waals surface area contributed by atoms with Gasteiger partial charge in [0.25, 0.3) is 11.5 Å². The van der Waals surface area contributed by atoms with E-state index in [1.54, 1.807) is 24.9 Å². The van der Waals surface area contributed by atoms with Crippen LogP contribution in [0.15, 0.2) is 53.5 Å². The monoisotopic (exact) mass is 350 g/mol. The molecule has 0 aliphatic rings. The maximum absolute atomic E-state index is 12.7. The van der Waals surface area contributed by atoms with Crippen LogP contribution in [-0.4, -0.2) is 20.3 Å². The number of pyridine rings is 1. The number of anilines is 1. The van der Waals surface area contributed by atoms with E-state index in [0.717, 1.165) is 11.4 Å². The summed E-state index contributed by atoms with van der Waals surface area (Å²) in [6.45, 7) is 5.92. The van der Waals surface area contributed by atoms with Gasteiger partial charge in [-0.25, -0.2) is 4.68 Å². The van der Waals surface area contributed by atoms with Gasteiger partial charge in [-0.1, -0.05) is 32.0 Å². The maximum Gasteiger partial charge on any atom is 0.276 e. The normalized spacial score (nSPS) is 11.0. The minimum absolute atomic E-state index is 0.115. The van der Waals surface area contributed by atoms with Crippen LogP contribution >= 0.6 is 0 Å². The van der Waals surface area contributed by atoms with Crippen LogP contribution in [0.2, 0.25) is 0 Å². The molecule has 0 aliphatic carbocycles. The Labute approximate surface area is 152 Å². The fraction of sp³-hybridized carbons (Fsp3) is 0.250. The van der Waals surface area contributed by atoms with Crippen LogP contribution in [0.1, 0.15) is 41.5 Å². The Morgan fingerprint density at radius 1 is 1.15 bits per heavy atom. The van der Waals surface area contributed by atoms with Gasteiger partial charge in [0.15, 0.2) is 5.69 Å². The molecule has 0 spiro atoms. The molecule has 6 heteroatoms. The number of nitrogens with zero attached hydrogens (tertiary/aromatic N) is 3. The molecule has 0 saturated heterocycles. The smallest absolute Gasteiger partial charge is 0.276 e.